The van der Waals surface area contributed by atoms with Gasteiger partial charge in [-0.05, 0) is 42.3 Å². The Morgan fingerprint density at radius 3 is 2.54 bits per heavy atom. The molecule has 0 saturated carbocycles. The van der Waals surface area contributed by atoms with E-state index in [1.54, 1.807) is 6.20 Å². The fraction of sp³-hybridized carbons (Fsp3) is 0.0455. The lowest BCUT2D eigenvalue weighted by Gasteiger charge is -2.10. The molecule has 4 heteroatoms. The maximum atomic E-state index is 4.42. The molecule has 0 radical (unpaired) electrons. The molecule has 0 aliphatic carbocycles. The van der Waals surface area contributed by atoms with Crippen molar-refractivity contribution in [3.63, 3.8) is 0 Å². The summed E-state index contributed by atoms with van der Waals surface area (Å²) in [5.41, 5.74) is 4.06. The van der Waals surface area contributed by atoms with Crippen molar-refractivity contribution in [1.82, 2.24) is 15.2 Å². The van der Waals surface area contributed by atoms with Crippen LogP contribution in [0, 0.1) is 6.92 Å². The summed E-state index contributed by atoms with van der Waals surface area (Å²) in [4.78, 5) is 4.13. The minimum Gasteiger partial charge on any atom is -0.338 e. The number of aryl methyl sites for hydroxylation is 1. The van der Waals surface area contributed by atoms with E-state index in [9.17, 15) is 0 Å². The summed E-state index contributed by atoms with van der Waals surface area (Å²) in [5.74, 6) is 0.754. The molecule has 126 valence electrons. The van der Waals surface area contributed by atoms with E-state index in [4.69, 9.17) is 0 Å². The first-order chi connectivity index (χ1) is 12.8. The van der Waals surface area contributed by atoms with Gasteiger partial charge in [0.25, 0.3) is 0 Å². The SMILES string of the molecule is Cc1cccc(Nc2nnc(C=Cc3cccnc3)c3ccccc23)c1. The number of pyridine rings is 1. The Kier molecular flexibility index (Phi) is 4.39. The Bertz CT molecular complexity index is 1070. The zero-order valence-corrected chi connectivity index (χ0v) is 14.4. The number of fused-ring (bicyclic) bond motifs is 1. The van der Waals surface area contributed by atoms with Crippen LogP contribution in [0.1, 0.15) is 16.8 Å². The van der Waals surface area contributed by atoms with Crippen LogP contribution in [0.5, 0.6) is 0 Å². The molecule has 0 atom stereocenters. The number of anilines is 2. The highest BCUT2D eigenvalue weighted by Crippen LogP contribution is 2.26. The van der Waals surface area contributed by atoms with E-state index in [0.29, 0.717) is 0 Å². The van der Waals surface area contributed by atoms with Gasteiger partial charge in [0.15, 0.2) is 5.82 Å². The number of aromatic nitrogens is 3. The number of hydrogen-bond donors (Lipinski definition) is 1. The van der Waals surface area contributed by atoms with Crippen molar-refractivity contribution in [2.75, 3.05) is 5.32 Å². The first-order valence-corrected chi connectivity index (χ1v) is 8.47. The van der Waals surface area contributed by atoms with Crippen molar-refractivity contribution < 1.29 is 0 Å². The smallest absolute Gasteiger partial charge is 0.161 e. The largest absolute Gasteiger partial charge is 0.338 e. The molecule has 26 heavy (non-hydrogen) atoms. The van der Waals surface area contributed by atoms with Gasteiger partial charge in [0.05, 0.1) is 5.69 Å². The number of nitrogens with one attached hydrogen (secondary N) is 1. The standard InChI is InChI=1S/C22H18N4/c1-16-6-4-8-18(14-16)24-22-20-10-3-2-9-19(20)21(25-26-22)12-11-17-7-5-13-23-15-17/h2-15H,1H3,(H,24,26). The van der Waals surface area contributed by atoms with Crippen LogP contribution in [0.3, 0.4) is 0 Å². The quantitative estimate of drug-likeness (QED) is 0.552. The van der Waals surface area contributed by atoms with Crippen LogP contribution < -0.4 is 5.32 Å². The van der Waals surface area contributed by atoms with E-state index in [-0.39, 0.29) is 0 Å². The van der Waals surface area contributed by atoms with Crippen LogP contribution in [0.4, 0.5) is 11.5 Å². The first kappa shape index (κ1) is 16.0. The van der Waals surface area contributed by atoms with Gasteiger partial charge in [-0.2, -0.15) is 0 Å². The molecule has 4 aromatic rings. The summed E-state index contributed by atoms with van der Waals surface area (Å²) in [5, 5.41) is 14.3. The van der Waals surface area contributed by atoms with Crippen molar-refractivity contribution in [1.29, 1.82) is 0 Å². The highest BCUT2D eigenvalue weighted by atomic mass is 15.2. The monoisotopic (exact) mass is 338 g/mol. The highest BCUT2D eigenvalue weighted by molar-refractivity contribution is 5.98. The molecule has 0 aliphatic rings. The molecule has 0 unspecified atom stereocenters. The summed E-state index contributed by atoms with van der Waals surface area (Å²) in [6.45, 7) is 2.07. The summed E-state index contributed by atoms with van der Waals surface area (Å²) < 4.78 is 0. The summed E-state index contributed by atoms with van der Waals surface area (Å²) in [6.07, 6.45) is 7.55. The van der Waals surface area contributed by atoms with Crippen molar-refractivity contribution in [3.05, 3.63) is 89.9 Å². The molecular formula is C22H18N4. The lowest BCUT2D eigenvalue weighted by atomic mass is 10.1. The number of benzene rings is 2. The topological polar surface area (TPSA) is 50.7 Å². The van der Waals surface area contributed by atoms with Gasteiger partial charge in [-0.25, -0.2) is 0 Å². The maximum absolute atomic E-state index is 4.42. The second-order valence-electron chi connectivity index (χ2n) is 6.09. The molecule has 2 aromatic carbocycles. The van der Waals surface area contributed by atoms with Crippen molar-refractivity contribution in [2.24, 2.45) is 0 Å². The Hall–Kier alpha value is -3.53. The minimum atomic E-state index is 0.754. The zero-order valence-electron chi connectivity index (χ0n) is 14.4. The summed E-state index contributed by atoms with van der Waals surface area (Å²) >= 11 is 0. The average Bonchev–Trinajstić information content (AvgIpc) is 2.68. The van der Waals surface area contributed by atoms with Crippen molar-refractivity contribution in [3.8, 4) is 0 Å². The second kappa shape index (κ2) is 7.15. The average molecular weight is 338 g/mol. The van der Waals surface area contributed by atoms with E-state index in [0.717, 1.165) is 33.5 Å². The number of rotatable bonds is 4. The van der Waals surface area contributed by atoms with Crippen LogP contribution in [-0.4, -0.2) is 15.2 Å². The highest BCUT2D eigenvalue weighted by Gasteiger charge is 2.07. The molecule has 0 bridgehead atoms. The fourth-order valence-electron chi connectivity index (χ4n) is 2.85. The van der Waals surface area contributed by atoms with Crippen LogP contribution >= 0.6 is 0 Å². The van der Waals surface area contributed by atoms with Gasteiger partial charge < -0.3 is 5.32 Å². The van der Waals surface area contributed by atoms with Gasteiger partial charge in [-0.3, -0.25) is 4.98 Å². The van der Waals surface area contributed by atoms with E-state index in [2.05, 4.69) is 51.7 Å². The van der Waals surface area contributed by atoms with E-state index >= 15 is 0 Å². The fourth-order valence-corrected chi connectivity index (χ4v) is 2.85. The first-order valence-electron chi connectivity index (χ1n) is 8.47. The van der Waals surface area contributed by atoms with Gasteiger partial charge in [0.1, 0.15) is 0 Å². The normalized spacial score (nSPS) is 11.1. The minimum absolute atomic E-state index is 0.754. The predicted molar refractivity (Wildman–Crippen MR) is 107 cm³/mol. The number of nitrogens with zero attached hydrogens (tertiary/aromatic N) is 3. The molecule has 4 rings (SSSR count). The van der Waals surface area contributed by atoms with Crippen LogP contribution in [0.25, 0.3) is 22.9 Å². The summed E-state index contributed by atoms with van der Waals surface area (Å²) in [7, 11) is 0. The molecule has 0 spiro atoms. The molecule has 0 fully saturated rings. The van der Waals surface area contributed by atoms with Gasteiger partial charge in [0.2, 0.25) is 0 Å². The van der Waals surface area contributed by atoms with Gasteiger partial charge in [0, 0.05) is 28.9 Å². The molecular weight excluding hydrogens is 320 g/mol. The van der Waals surface area contributed by atoms with Gasteiger partial charge >= 0.3 is 0 Å². The Morgan fingerprint density at radius 2 is 1.73 bits per heavy atom. The van der Waals surface area contributed by atoms with E-state index in [1.807, 2.05) is 54.7 Å². The van der Waals surface area contributed by atoms with Gasteiger partial charge in [-0.1, -0.05) is 48.5 Å². The van der Waals surface area contributed by atoms with Crippen LogP contribution in [0.2, 0.25) is 0 Å². The third kappa shape index (κ3) is 3.44. The summed E-state index contributed by atoms with van der Waals surface area (Å²) in [6, 6.07) is 20.3. The van der Waals surface area contributed by atoms with Crippen LogP contribution in [0.15, 0.2) is 73.1 Å². The third-order valence-corrected chi connectivity index (χ3v) is 4.11. The lowest BCUT2D eigenvalue weighted by molar-refractivity contribution is 1.04. The predicted octanol–water partition coefficient (Wildman–Crippen LogP) is 5.25. The molecule has 0 aliphatic heterocycles. The maximum Gasteiger partial charge on any atom is 0.161 e. The lowest BCUT2D eigenvalue weighted by Crippen LogP contribution is -1.99. The molecule has 4 nitrogen and oxygen atoms in total. The number of hydrogen-bond acceptors (Lipinski definition) is 4. The third-order valence-electron chi connectivity index (χ3n) is 4.11. The molecule has 2 heterocycles. The zero-order chi connectivity index (χ0) is 17.8. The molecule has 0 saturated heterocycles. The Balaban J connectivity index is 1.72. The Labute approximate surface area is 152 Å². The molecule has 2 aromatic heterocycles. The van der Waals surface area contributed by atoms with E-state index in [1.165, 1.54) is 5.56 Å². The molecule has 1 N–H and O–H groups in total. The molecule has 0 amide bonds. The van der Waals surface area contributed by atoms with Crippen molar-refractivity contribution in [2.45, 2.75) is 6.92 Å². The van der Waals surface area contributed by atoms with Crippen molar-refractivity contribution >= 4 is 34.4 Å². The van der Waals surface area contributed by atoms with Crippen LogP contribution in [-0.2, 0) is 0 Å². The second-order valence-corrected chi connectivity index (χ2v) is 6.09. The Morgan fingerprint density at radius 1 is 0.846 bits per heavy atom. The van der Waals surface area contributed by atoms with Gasteiger partial charge in [-0.15, -0.1) is 10.2 Å². The van der Waals surface area contributed by atoms with E-state index < -0.39 is 0 Å².